The number of nitrogens with zero attached hydrogens (tertiary/aromatic N) is 1. The number of carbonyl (C=O) groups excluding carboxylic acids is 1. The molecule has 1 amide bonds. The number of benzene rings is 1. The van der Waals surface area contributed by atoms with E-state index < -0.39 is 0 Å². The average molecular weight is 339 g/mol. The van der Waals surface area contributed by atoms with Crippen LogP contribution in [-0.2, 0) is 16.1 Å². The quantitative estimate of drug-likeness (QED) is 0.917. The van der Waals surface area contributed by atoms with E-state index in [2.05, 4.69) is 10.2 Å². The van der Waals surface area contributed by atoms with Crippen molar-refractivity contribution in [1.82, 2.24) is 10.2 Å². The number of nitrogens with one attached hydrogen (secondary N) is 1. The van der Waals surface area contributed by atoms with Gasteiger partial charge in [-0.3, -0.25) is 9.69 Å². The van der Waals surface area contributed by atoms with E-state index >= 15 is 0 Å². The average Bonchev–Trinajstić information content (AvgIpc) is 3.09. The van der Waals surface area contributed by atoms with Crippen LogP contribution >= 0.6 is 11.6 Å². The van der Waals surface area contributed by atoms with E-state index in [1.165, 1.54) is 12.1 Å². The third-order valence-electron chi connectivity index (χ3n) is 5.04. The SMILES string of the molecule is O=C(NC1CC1)[C@@H]1C[C@@H]2OCC[C@@H]2N1Cc1cc(F)ccc1Cl. The van der Waals surface area contributed by atoms with Crippen molar-refractivity contribution < 1.29 is 13.9 Å². The Labute approximate surface area is 139 Å². The van der Waals surface area contributed by atoms with Crippen molar-refractivity contribution in [2.24, 2.45) is 0 Å². The van der Waals surface area contributed by atoms with Crippen LogP contribution in [0.15, 0.2) is 18.2 Å². The molecular weight excluding hydrogens is 319 g/mol. The number of hydrogen-bond donors (Lipinski definition) is 1. The van der Waals surface area contributed by atoms with Crippen molar-refractivity contribution >= 4 is 17.5 Å². The van der Waals surface area contributed by atoms with E-state index in [-0.39, 0.29) is 29.9 Å². The molecule has 0 spiro atoms. The van der Waals surface area contributed by atoms with Gasteiger partial charge >= 0.3 is 0 Å². The second-order valence-corrected chi connectivity index (χ2v) is 7.11. The molecule has 124 valence electrons. The Kier molecular flexibility index (Phi) is 4.03. The zero-order valence-electron chi connectivity index (χ0n) is 12.8. The number of likely N-dealkylation sites (tertiary alicyclic amines) is 1. The number of rotatable bonds is 4. The molecule has 0 bridgehead atoms. The highest BCUT2D eigenvalue weighted by Crippen LogP contribution is 2.36. The highest BCUT2D eigenvalue weighted by Gasteiger charge is 2.48. The first-order chi connectivity index (χ1) is 11.1. The van der Waals surface area contributed by atoms with E-state index in [1.54, 1.807) is 6.07 Å². The van der Waals surface area contributed by atoms with Gasteiger partial charge < -0.3 is 10.1 Å². The molecule has 1 aromatic carbocycles. The summed E-state index contributed by atoms with van der Waals surface area (Å²) in [6, 6.07) is 4.72. The van der Waals surface area contributed by atoms with Gasteiger partial charge in [-0.05, 0) is 49.4 Å². The Balaban J connectivity index is 1.56. The molecule has 1 aliphatic carbocycles. The lowest BCUT2D eigenvalue weighted by Gasteiger charge is -2.28. The van der Waals surface area contributed by atoms with Crippen LogP contribution in [0.2, 0.25) is 5.02 Å². The van der Waals surface area contributed by atoms with E-state index in [4.69, 9.17) is 16.3 Å². The summed E-state index contributed by atoms with van der Waals surface area (Å²) in [5.74, 6) is -0.236. The van der Waals surface area contributed by atoms with Crippen LogP contribution in [0.3, 0.4) is 0 Å². The standard InChI is InChI=1S/C17H20ClFN2O2/c18-13-4-1-11(19)7-10(13)9-21-14-5-6-23-16(14)8-15(21)17(22)20-12-2-3-12/h1,4,7,12,14-16H,2-3,5-6,8-9H2,(H,20,22)/t14-,15-,16-/m0/s1. The lowest BCUT2D eigenvalue weighted by Crippen LogP contribution is -2.46. The number of halogens is 2. The van der Waals surface area contributed by atoms with Gasteiger partial charge in [-0.25, -0.2) is 4.39 Å². The normalized spacial score (nSPS) is 30.4. The molecule has 4 nitrogen and oxygen atoms in total. The molecule has 1 saturated carbocycles. The summed E-state index contributed by atoms with van der Waals surface area (Å²) >= 11 is 6.21. The van der Waals surface area contributed by atoms with E-state index in [1.807, 2.05) is 0 Å². The highest BCUT2D eigenvalue weighted by molar-refractivity contribution is 6.31. The summed E-state index contributed by atoms with van der Waals surface area (Å²) in [5, 5.41) is 3.62. The molecule has 2 aliphatic heterocycles. The predicted octanol–water partition coefficient (Wildman–Crippen LogP) is 2.49. The molecule has 1 aromatic rings. The molecule has 0 aromatic heterocycles. The molecule has 0 radical (unpaired) electrons. The van der Waals surface area contributed by atoms with Crippen LogP contribution in [-0.4, -0.2) is 41.6 Å². The molecule has 23 heavy (non-hydrogen) atoms. The van der Waals surface area contributed by atoms with Crippen molar-refractivity contribution in [3.05, 3.63) is 34.6 Å². The first kappa shape index (κ1) is 15.4. The van der Waals surface area contributed by atoms with Crippen LogP contribution < -0.4 is 5.32 Å². The van der Waals surface area contributed by atoms with Crippen LogP contribution in [0.4, 0.5) is 4.39 Å². The van der Waals surface area contributed by atoms with Gasteiger partial charge in [0.15, 0.2) is 0 Å². The molecule has 3 aliphatic rings. The second kappa shape index (κ2) is 6.04. The highest BCUT2D eigenvalue weighted by atomic mass is 35.5. The Bertz CT molecular complexity index is 623. The van der Waals surface area contributed by atoms with Crippen LogP contribution in [0, 0.1) is 5.82 Å². The van der Waals surface area contributed by atoms with Crippen LogP contribution in [0.1, 0.15) is 31.2 Å². The van der Waals surface area contributed by atoms with Gasteiger partial charge in [0.1, 0.15) is 5.82 Å². The Morgan fingerprint density at radius 2 is 2.22 bits per heavy atom. The Morgan fingerprint density at radius 1 is 1.39 bits per heavy atom. The summed E-state index contributed by atoms with van der Waals surface area (Å²) in [6.07, 6.45) is 3.84. The fourth-order valence-electron chi connectivity index (χ4n) is 3.70. The van der Waals surface area contributed by atoms with Gasteiger partial charge in [0, 0.05) is 30.3 Å². The van der Waals surface area contributed by atoms with Gasteiger partial charge in [0.2, 0.25) is 5.91 Å². The minimum atomic E-state index is -0.304. The van der Waals surface area contributed by atoms with Gasteiger partial charge in [0.05, 0.1) is 12.1 Å². The van der Waals surface area contributed by atoms with Gasteiger partial charge in [-0.1, -0.05) is 11.6 Å². The number of fused-ring (bicyclic) bond motifs is 1. The smallest absolute Gasteiger partial charge is 0.237 e. The van der Waals surface area contributed by atoms with Crippen LogP contribution in [0.5, 0.6) is 0 Å². The molecule has 1 N–H and O–H groups in total. The maximum absolute atomic E-state index is 13.5. The largest absolute Gasteiger partial charge is 0.376 e. The zero-order chi connectivity index (χ0) is 16.0. The number of carbonyl (C=O) groups is 1. The molecule has 3 atom stereocenters. The number of amides is 1. The van der Waals surface area contributed by atoms with Crippen molar-refractivity contribution in [3.8, 4) is 0 Å². The summed E-state index contributed by atoms with van der Waals surface area (Å²) in [4.78, 5) is 14.7. The summed E-state index contributed by atoms with van der Waals surface area (Å²) in [7, 11) is 0. The molecule has 4 rings (SSSR count). The van der Waals surface area contributed by atoms with Crippen molar-refractivity contribution in [3.63, 3.8) is 0 Å². The van der Waals surface area contributed by atoms with E-state index in [9.17, 15) is 9.18 Å². The number of hydrogen-bond acceptors (Lipinski definition) is 3. The molecular formula is C17H20ClFN2O2. The van der Waals surface area contributed by atoms with Gasteiger partial charge in [0.25, 0.3) is 0 Å². The van der Waals surface area contributed by atoms with Crippen molar-refractivity contribution in [2.75, 3.05) is 6.61 Å². The topological polar surface area (TPSA) is 41.6 Å². The van der Waals surface area contributed by atoms with Gasteiger partial charge in [-0.2, -0.15) is 0 Å². The first-order valence-electron chi connectivity index (χ1n) is 8.23. The molecule has 6 heteroatoms. The first-order valence-corrected chi connectivity index (χ1v) is 8.61. The van der Waals surface area contributed by atoms with Crippen molar-refractivity contribution in [2.45, 2.75) is 56.5 Å². The summed E-state index contributed by atoms with van der Waals surface area (Å²) in [5.41, 5.74) is 0.725. The molecule has 2 saturated heterocycles. The second-order valence-electron chi connectivity index (χ2n) is 6.71. The fraction of sp³-hybridized carbons (Fsp3) is 0.588. The lowest BCUT2D eigenvalue weighted by atomic mass is 10.1. The van der Waals surface area contributed by atoms with E-state index in [0.29, 0.717) is 24.0 Å². The third kappa shape index (κ3) is 3.10. The molecule has 2 heterocycles. The predicted molar refractivity (Wildman–Crippen MR) is 84.7 cm³/mol. The molecule has 0 unspecified atom stereocenters. The third-order valence-corrected chi connectivity index (χ3v) is 5.41. The number of ether oxygens (including phenoxy) is 1. The fourth-order valence-corrected chi connectivity index (χ4v) is 3.88. The van der Waals surface area contributed by atoms with Crippen LogP contribution in [0.25, 0.3) is 0 Å². The lowest BCUT2D eigenvalue weighted by molar-refractivity contribution is -0.126. The van der Waals surface area contributed by atoms with Gasteiger partial charge in [-0.15, -0.1) is 0 Å². The van der Waals surface area contributed by atoms with Crippen molar-refractivity contribution in [1.29, 1.82) is 0 Å². The minimum Gasteiger partial charge on any atom is -0.376 e. The maximum Gasteiger partial charge on any atom is 0.237 e. The maximum atomic E-state index is 13.5. The summed E-state index contributed by atoms with van der Waals surface area (Å²) in [6.45, 7) is 1.20. The Hall–Kier alpha value is -1.17. The zero-order valence-corrected chi connectivity index (χ0v) is 13.6. The monoisotopic (exact) mass is 338 g/mol. The van der Waals surface area contributed by atoms with E-state index in [0.717, 1.165) is 31.4 Å². The minimum absolute atomic E-state index is 0.0676. The summed E-state index contributed by atoms with van der Waals surface area (Å²) < 4.78 is 19.3. The molecule has 3 fully saturated rings. The Morgan fingerprint density at radius 3 is 3.00 bits per heavy atom.